The number of fused-ring (bicyclic) bond motifs is 4. The number of rotatable bonds is 39. The van der Waals surface area contributed by atoms with Gasteiger partial charge in [-0.3, -0.25) is 28.9 Å². The van der Waals surface area contributed by atoms with Crippen LogP contribution in [0.25, 0.3) is 21.7 Å². The smallest absolute Gasteiger partial charge is 0.501 e. The zero-order chi connectivity index (χ0) is 68.5. The summed E-state index contributed by atoms with van der Waals surface area (Å²) >= 11 is 6.58. The number of alkyl halides is 1. The lowest BCUT2D eigenvalue weighted by atomic mass is 9.95. The molecule has 96 heavy (non-hydrogen) atoms. The van der Waals surface area contributed by atoms with Crippen molar-refractivity contribution in [1.29, 1.82) is 0 Å². The summed E-state index contributed by atoms with van der Waals surface area (Å²) in [5.41, 5.74) is 1.58. The number of H-pyrrole nitrogens is 1. The third-order valence-corrected chi connectivity index (χ3v) is 17.0. The number of carbonyl (C=O) groups excluding carboxylic acids is 5. The minimum atomic E-state index is -5.31. The normalized spacial score (nSPS) is 18.8. The van der Waals surface area contributed by atoms with Crippen molar-refractivity contribution in [3.8, 4) is 28.7 Å². The number of ether oxygens (including phenoxy) is 10. The number of likely N-dealkylation sites (tertiary alicyclic amines) is 1. The number of likely N-dealkylation sites (N-methyl/N-ethyl adjacent to an activating group) is 1. The molecule has 31 nitrogen and oxygen atoms in total. The first-order valence-corrected chi connectivity index (χ1v) is 32.8. The molecule has 2 aromatic heterocycles. The Balaban J connectivity index is 0.744. The lowest BCUT2D eigenvalue weighted by Gasteiger charge is -2.39. The maximum Gasteiger partial charge on any atom is 0.501 e. The molecular weight excluding hydrogens is 1310 g/mol. The summed E-state index contributed by atoms with van der Waals surface area (Å²) < 4.78 is 97.7. The summed E-state index contributed by atoms with van der Waals surface area (Å²) in [4.78, 5) is 71.2. The van der Waals surface area contributed by atoms with Gasteiger partial charge in [0.2, 0.25) is 18.1 Å². The van der Waals surface area contributed by atoms with Gasteiger partial charge in [-0.15, -0.1) is 25.1 Å². The molecule has 0 saturated carbocycles. The van der Waals surface area contributed by atoms with Crippen molar-refractivity contribution in [3.63, 3.8) is 0 Å². The molecule has 0 spiro atoms. The number of phenols is 1. The maximum absolute atomic E-state index is 14.6. The third kappa shape index (κ3) is 18.5. The van der Waals surface area contributed by atoms with Gasteiger partial charge < -0.3 is 96.1 Å². The Morgan fingerprint density at radius 3 is 2.02 bits per heavy atom. The lowest BCUT2D eigenvalue weighted by Crippen LogP contribution is -2.60. The Bertz CT molecular complexity index is 3760. The molecule has 6 N–H and O–H groups in total. The number of nitrogens with zero attached hydrogens (tertiary/aromatic N) is 6. The quantitative estimate of drug-likeness (QED) is 0.0139. The van der Waals surface area contributed by atoms with E-state index in [9.17, 15) is 57.9 Å². The van der Waals surface area contributed by atoms with Crippen LogP contribution in [0, 0.1) is 0 Å². The highest BCUT2D eigenvalue weighted by Gasteiger charge is 2.45. The Kier molecular flexibility index (Phi) is 26.1. The molecule has 2 fully saturated rings. The van der Waals surface area contributed by atoms with Crippen LogP contribution in [-0.4, -0.2) is 263 Å². The average molecular weight is 1380 g/mol. The highest BCUT2D eigenvalue weighted by atomic mass is 35.5. The van der Waals surface area contributed by atoms with Gasteiger partial charge in [0.05, 0.1) is 142 Å². The molecule has 3 aliphatic heterocycles. The summed E-state index contributed by atoms with van der Waals surface area (Å²) in [6.07, 6.45) is -6.04. The molecule has 0 radical (unpaired) electrons. The van der Waals surface area contributed by atoms with Crippen molar-refractivity contribution < 1.29 is 114 Å². The van der Waals surface area contributed by atoms with Crippen molar-refractivity contribution in [2.75, 3.05) is 144 Å². The summed E-state index contributed by atoms with van der Waals surface area (Å²) in [5, 5.41) is 61.8. The minimum absolute atomic E-state index is 0.0154. The molecule has 4 aromatic carbocycles. The number of hydrogen-bond acceptors (Lipinski definition) is 26. The van der Waals surface area contributed by atoms with Gasteiger partial charge in [-0.25, -0.2) is 4.68 Å². The number of Topliss-reactive ketones (excluding diaryl/α,β-unsaturated/α-hetero) is 1. The first-order chi connectivity index (χ1) is 46.3. The Labute approximate surface area is 556 Å². The number of aromatic amines is 1. The third-order valence-electron chi connectivity index (χ3n) is 15.8. The van der Waals surface area contributed by atoms with Crippen molar-refractivity contribution >= 4 is 78.8 Å². The zero-order valence-electron chi connectivity index (χ0n) is 53.0. The molecule has 4 amide bonds. The number of imide groups is 1. The number of hydrogen-bond donors (Lipinski definition) is 6. The van der Waals surface area contributed by atoms with Crippen LogP contribution in [0.5, 0.6) is 28.7 Å². The van der Waals surface area contributed by atoms with E-state index in [0.717, 1.165) is 12.1 Å². The molecule has 33 heteroatoms. The fourth-order valence-corrected chi connectivity index (χ4v) is 11.8. The number of aliphatic hydroxyl groups is 4. The fourth-order valence-electron chi connectivity index (χ4n) is 10.8. The molecule has 3 aliphatic rings. The van der Waals surface area contributed by atoms with E-state index in [1.54, 1.807) is 29.1 Å². The standard InChI is InChI=1S/C63H78ClN7O24S/c1-38(73)55-48(74)8-4-39-30-46(65-57(39)55)62(81)71-35-41(34-64)56-45-32-43(84-3)6-7-44(45)50(33-47(56)71)94-96(82,83)95-51-31-40(5-9-49(51)92-63-60(79)59(78)58(77)52(37-72)93-63)61(80)68(2)13-17-86-18-14-69-36-42(66-67-69)12-16-85-20-22-88-24-26-90-28-29-91-27-25-89-23-21-87-19-15-70-53(75)10-11-54(70)76/h4-9,30-33,36,41,52,58-60,63,65,72,74,77-79H,10-29,34-35,37H2,1-3H3/t41-,52-,58+,59+,60?,63-/m1/s1. The second-order valence-corrected chi connectivity index (χ2v) is 23.8. The zero-order valence-corrected chi connectivity index (χ0v) is 54.6. The summed E-state index contributed by atoms with van der Waals surface area (Å²) in [6.45, 7) is 5.89. The highest BCUT2D eigenvalue weighted by molar-refractivity contribution is 7.82. The SMILES string of the molecule is COc1ccc2c(OS(=O)(=O)Oc3cc(C(=O)N(C)CCOCCn4cc(CCOCCOCCOCCOCCOCCOCCN5C(=O)CCC5=O)nn4)ccc3O[C@@H]3O[C@H](CO)[C@H](O)[C@H](O)C3O)cc3c(c2c1)[C@H](CCl)CN3C(=O)c1cc2ccc(O)c(C(C)=O)c2[nH]1. The molecular formula is C63H78ClN7O24S. The number of anilines is 1. The molecule has 0 aliphatic carbocycles. The Morgan fingerprint density at radius 2 is 1.38 bits per heavy atom. The van der Waals surface area contributed by atoms with Crippen LogP contribution in [0.2, 0.25) is 0 Å². The van der Waals surface area contributed by atoms with Crippen LogP contribution in [0.3, 0.4) is 0 Å². The van der Waals surface area contributed by atoms with Crippen molar-refractivity contribution in [2.45, 2.75) is 69.4 Å². The number of aliphatic hydroxyl groups excluding tert-OH is 4. The van der Waals surface area contributed by atoms with Gasteiger partial charge in [0.25, 0.3) is 11.8 Å². The monoisotopic (exact) mass is 1380 g/mol. The van der Waals surface area contributed by atoms with E-state index in [1.165, 1.54) is 66.1 Å². The van der Waals surface area contributed by atoms with E-state index in [-0.39, 0.29) is 115 Å². The van der Waals surface area contributed by atoms with Gasteiger partial charge in [-0.2, -0.15) is 0 Å². The van der Waals surface area contributed by atoms with Gasteiger partial charge in [0.1, 0.15) is 41.6 Å². The Morgan fingerprint density at radius 1 is 0.740 bits per heavy atom. The van der Waals surface area contributed by atoms with Gasteiger partial charge >= 0.3 is 10.4 Å². The Hall–Kier alpha value is -7.67. The first kappa shape index (κ1) is 72.6. The second kappa shape index (κ2) is 34.5. The minimum Gasteiger partial charge on any atom is -0.507 e. The van der Waals surface area contributed by atoms with Crippen LogP contribution in [0.4, 0.5) is 5.69 Å². The van der Waals surface area contributed by atoms with Crippen LogP contribution < -0.4 is 22.7 Å². The van der Waals surface area contributed by atoms with Crippen LogP contribution >= 0.6 is 11.6 Å². The van der Waals surface area contributed by atoms with Crippen molar-refractivity contribution in [1.82, 2.24) is 29.8 Å². The molecule has 1 unspecified atom stereocenters. The highest BCUT2D eigenvalue weighted by Crippen LogP contribution is 2.48. The van der Waals surface area contributed by atoms with E-state index < -0.39 is 82.7 Å². The lowest BCUT2D eigenvalue weighted by molar-refractivity contribution is -0.277. The number of methoxy groups -OCH3 is 1. The molecule has 6 atom stereocenters. The molecule has 6 aromatic rings. The molecule has 2 saturated heterocycles. The van der Waals surface area contributed by atoms with Gasteiger partial charge in [-0.05, 0) is 72.5 Å². The van der Waals surface area contributed by atoms with E-state index in [2.05, 4.69) is 15.3 Å². The van der Waals surface area contributed by atoms with Crippen molar-refractivity contribution in [3.05, 3.63) is 94.9 Å². The molecule has 522 valence electrons. The number of benzene rings is 4. The molecule has 0 bridgehead atoms. The molecule has 5 heterocycles. The van der Waals surface area contributed by atoms with E-state index in [0.29, 0.717) is 113 Å². The number of amides is 4. The average Bonchev–Trinajstić information content (AvgIpc) is 1.55. The number of carbonyl (C=O) groups is 5. The summed E-state index contributed by atoms with van der Waals surface area (Å²) in [5.74, 6) is -3.84. The largest absolute Gasteiger partial charge is 0.507 e. The number of aromatic nitrogens is 4. The summed E-state index contributed by atoms with van der Waals surface area (Å²) in [7, 11) is -2.40. The second-order valence-electron chi connectivity index (χ2n) is 22.4. The maximum atomic E-state index is 14.6. The first-order valence-electron chi connectivity index (χ1n) is 30.9. The number of halogens is 1. The van der Waals surface area contributed by atoms with Crippen molar-refractivity contribution in [2.24, 2.45) is 0 Å². The van der Waals surface area contributed by atoms with Gasteiger partial charge in [0, 0.05) is 79.8 Å². The number of aromatic hydroxyl groups is 1. The fraction of sp³-hybridized carbons (Fsp3) is 0.508. The van der Waals surface area contributed by atoms with Crippen LogP contribution in [0.1, 0.15) is 68.1 Å². The van der Waals surface area contributed by atoms with Gasteiger partial charge in [0.15, 0.2) is 23.0 Å². The van der Waals surface area contributed by atoms with E-state index in [4.69, 9.17) is 67.3 Å². The van der Waals surface area contributed by atoms with Crippen LogP contribution in [0.15, 0.2) is 66.9 Å². The van der Waals surface area contributed by atoms with E-state index in [1.807, 2.05) is 0 Å². The topological polar surface area (TPSA) is 388 Å². The van der Waals surface area contributed by atoms with Gasteiger partial charge in [-0.1, -0.05) is 5.21 Å². The molecule has 9 rings (SSSR count). The predicted molar refractivity (Wildman–Crippen MR) is 339 cm³/mol. The predicted octanol–water partition coefficient (Wildman–Crippen LogP) is 2.27. The van der Waals surface area contributed by atoms with E-state index >= 15 is 0 Å². The van der Waals surface area contributed by atoms with Crippen LogP contribution in [-0.2, 0) is 70.8 Å². The summed E-state index contributed by atoms with van der Waals surface area (Å²) in [6, 6.07) is 13.9. The number of ketones is 1. The number of phenolic OH excluding ortho intramolecular Hbond substituents is 1. The number of nitrogens with one attached hydrogen (secondary N) is 1.